The zero-order valence-corrected chi connectivity index (χ0v) is 11.8. The molecule has 0 radical (unpaired) electrons. The van der Waals surface area contributed by atoms with Gasteiger partial charge in [-0.05, 0) is 20.3 Å². The fourth-order valence-electron chi connectivity index (χ4n) is 0.903. The molecule has 0 aliphatic heterocycles. The highest BCUT2D eigenvalue weighted by molar-refractivity contribution is 5.92. The van der Waals surface area contributed by atoms with E-state index < -0.39 is 18.2 Å². The van der Waals surface area contributed by atoms with E-state index in [1.807, 2.05) is 0 Å². The van der Waals surface area contributed by atoms with E-state index in [9.17, 15) is 14.7 Å². The Morgan fingerprint density at radius 3 is 2.11 bits per heavy atom. The molecule has 19 heavy (non-hydrogen) atoms. The maximum absolute atomic E-state index is 11.0. The number of carboxylic acids is 1. The number of nitrogens with one attached hydrogen (secondary N) is 1. The summed E-state index contributed by atoms with van der Waals surface area (Å²) < 4.78 is 0. The average molecular weight is 275 g/mol. The summed E-state index contributed by atoms with van der Waals surface area (Å²) in [7, 11) is 0. The van der Waals surface area contributed by atoms with Crippen LogP contribution in [0.15, 0.2) is 12.2 Å². The number of carbonyl (C=O) groups excluding carboxylic acids is 1. The number of amides is 1. The predicted octanol–water partition coefficient (Wildman–Crippen LogP) is 0.682. The van der Waals surface area contributed by atoms with Gasteiger partial charge in [-0.2, -0.15) is 0 Å². The van der Waals surface area contributed by atoms with Crippen molar-refractivity contribution in [1.82, 2.24) is 5.32 Å². The van der Waals surface area contributed by atoms with Gasteiger partial charge in [-0.1, -0.05) is 26.3 Å². The van der Waals surface area contributed by atoms with E-state index >= 15 is 0 Å². The third-order valence-corrected chi connectivity index (χ3v) is 2.13. The van der Waals surface area contributed by atoms with E-state index in [0.29, 0.717) is 12.1 Å². The standard InChI is InChI=1S/C10H19NO2.C3H6O3/c1-4-5-6-9(12)7-11-10(13)8(2)3;1-2(4)3(5)6/h9,12H,2,4-7H2,1,3H3,(H,11,13);2,4H,1H3,(H,5,6). The first-order valence-electron chi connectivity index (χ1n) is 6.24. The van der Waals surface area contributed by atoms with Gasteiger partial charge in [0.15, 0.2) is 0 Å². The maximum Gasteiger partial charge on any atom is 0.332 e. The highest BCUT2D eigenvalue weighted by atomic mass is 16.4. The van der Waals surface area contributed by atoms with Crippen LogP contribution in [0.3, 0.4) is 0 Å². The number of hydrogen-bond donors (Lipinski definition) is 4. The van der Waals surface area contributed by atoms with Gasteiger partial charge in [0.25, 0.3) is 0 Å². The Balaban J connectivity index is 0. The SMILES string of the molecule is C=C(C)C(=O)NCC(O)CCCC.CC(O)C(=O)O. The van der Waals surface area contributed by atoms with Crippen LogP contribution >= 0.6 is 0 Å². The molecule has 0 saturated heterocycles. The number of unbranched alkanes of at least 4 members (excludes halogenated alkanes) is 1. The molecule has 0 fully saturated rings. The number of aliphatic hydroxyl groups excluding tert-OH is 2. The molecule has 0 aromatic carbocycles. The number of hydrogen-bond acceptors (Lipinski definition) is 4. The summed E-state index contributed by atoms with van der Waals surface area (Å²) in [5.74, 6) is -1.37. The molecular formula is C13H25NO5. The molecule has 2 atom stereocenters. The number of aliphatic carboxylic acids is 1. The molecule has 0 aromatic rings. The Morgan fingerprint density at radius 1 is 1.32 bits per heavy atom. The topological polar surface area (TPSA) is 107 Å². The predicted molar refractivity (Wildman–Crippen MR) is 72.7 cm³/mol. The highest BCUT2D eigenvalue weighted by Crippen LogP contribution is 1.99. The van der Waals surface area contributed by atoms with Crippen molar-refractivity contribution >= 4 is 11.9 Å². The summed E-state index contributed by atoms with van der Waals surface area (Å²) in [5.41, 5.74) is 0.475. The Labute approximate surface area is 114 Å². The van der Waals surface area contributed by atoms with Crippen molar-refractivity contribution in [3.05, 3.63) is 12.2 Å². The fraction of sp³-hybridized carbons (Fsp3) is 0.692. The van der Waals surface area contributed by atoms with Crippen molar-refractivity contribution in [2.75, 3.05) is 6.54 Å². The Bertz CT molecular complexity index is 289. The Morgan fingerprint density at radius 2 is 1.79 bits per heavy atom. The summed E-state index contributed by atoms with van der Waals surface area (Å²) in [6.07, 6.45) is 1.14. The van der Waals surface area contributed by atoms with Gasteiger partial charge in [0.2, 0.25) is 5.91 Å². The molecule has 6 heteroatoms. The lowest BCUT2D eigenvalue weighted by molar-refractivity contribution is -0.145. The van der Waals surface area contributed by atoms with Gasteiger partial charge in [-0.3, -0.25) is 4.79 Å². The molecule has 0 rings (SSSR count). The third kappa shape index (κ3) is 14.5. The zero-order chi connectivity index (χ0) is 15.4. The first-order valence-corrected chi connectivity index (χ1v) is 6.24. The first kappa shape index (κ1) is 19.9. The average Bonchev–Trinajstić information content (AvgIpc) is 2.33. The molecule has 0 bridgehead atoms. The van der Waals surface area contributed by atoms with Gasteiger partial charge in [-0.25, -0.2) is 4.79 Å². The van der Waals surface area contributed by atoms with E-state index in [2.05, 4.69) is 18.8 Å². The molecule has 0 spiro atoms. The van der Waals surface area contributed by atoms with Gasteiger partial charge in [0.05, 0.1) is 6.10 Å². The minimum atomic E-state index is -1.23. The van der Waals surface area contributed by atoms with Gasteiger partial charge in [0.1, 0.15) is 6.10 Å². The fourth-order valence-corrected chi connectivity index (χ4v) is 0.903. The van der Waals surface area contributed by atoms with E-state index in [1.165, 1.54) is 6.92 Å². The number of rotatable bonds is 7. The number of carboxylic acid groups (broad SMARTS) is 1. The molecule has 6 nitrogen and oxygen atoms in total. The van der Waals surface area contributed by atoms with Gasteiger partial charge in [-0.15, -0.1) is 0 Å². The summed E-state index contributed by atoms with van der Waals surface area (Å²) in [5, 5.41) is 27.7. The number of aliphatic hydroxyl groups is 2. The molecule has 1 amide bonds. The van der Waals surface area contributed by atoms with Crippen molar-refractivity contribution in [2.24, 2.45) is 0 Å². The normalized spacial score (nSPS) is 12.7. The van der Waals surface area contributed by atoms with E-state index in [-0.39, 0.29) is 5.91 Å². The molecule has 4 N–H and O–H groups in total. The molecule has 0 heterocycles. The van der Waals surface area contributed by atoms with Gasteiger partial charge in [0, 0.05) is 12.1 Å². The smallest absolute Gasteiger partial charge is 0.332 e. The van der Waals surface area contributed by atoms with Crippen LogP contribution in [0.2, 0.25) is 0 Å². The quantitative estimate of drug-likeness (QED) is 0.511. The Hall–Kier alpha value is -1.40. The third-order valence-electron chi connectivity index (χ3n) is 2.13. The second-order valence-electron chi connectivity index (χ2n) is 4.30. The van der Waals surface area contributed by atoms with Crippen LogP contribution in [0.4, 0.5) is 0 Å². The van der Waals surface area contributed by atoms with Crippen LogP contribution in [0.5, 0.6) is 0 Å². The second kappa shape index (κ2) is 11.7. The largest absolute Gasteiger partial charge is 0.479 e. The Kier molecular flexibility index (Phi) is 12.2. The molecule has 0 aliphatic rings. The monoisotopic (exact) mass is 275 g/mol. The van der Waals surface area contributed by atoms with Crippen molar-refractivity contribution in [2.45, 2.75) is 52.2 Å². The van der Waals surface area contributed by atoms with Crippen molar-refractivity contribution < 1.29 is 24.9 Å². The van der Waals surface area contributed by atoms with Crippen molar-refractivity contribution in [3.8, 4) is 0 Å². The lowest BCUT2D eigenvalue weighted by Crippen LogP contribution is -2.32. The maximum atomic E-state index is 11.0. The summed E-state index contributed by atoms with van der Waals surface area (Å²) >= 11 is 0. The molecule has 112 valence electrons. The lowest BCUT2D eigenvalue weighted by atomic mass is 10.1. The van der Waals surface area contributed by atoms with Crippen LogP contribution in [0, 0.1) is 0 Å². The summed E-state index contributed by atoms with van der Waals surface area (Å²) in [6.45, 7) is 8.74. The summed E-state index contributed by atoms with van der Waals surface area (Å²) in [6, 6.07) is 0. The molecule has 2 unspecified atom stereocenters. The van der Waals surface area contributed by atoms with Gasteiger partial charge < -0.3 is 20.6 Å². The van der Waals surface area contributed by atoms with Crippen LogP contribution in [0.25, 0.3) is 0 Å². The molecule has 0 saturated carbocycles. The number of carbonyl (C=O) groups is 2. The highest BCUT2D eigenvalue weighted by Gasteiger charge is 2.06. The lowest BCUT2D eigenvalue weighted by Gasteiger charge is -2.10. The van der Waals surface area contributed by atoms with Crippen LogP contribution in [-0.2, 0) is 9.59 Å². The van der Waals surface area contributed by atoms with E-state index in [4.69, 9.17) is 10.2 Å². The van der Waals surface area contributed by atoms with Crippen LogP contribution < -0.4 is 5.32 Å². The van der Waals surface area contributed by atoms with Gasteiger partial charge >= 0.3 is 5.97 Å². The molecule has 0 aliphatic carbocycles. The van der Waals surface area contributed by atoms with Crippen molar-refractivity contribution in [1.29, 1.82) is 0 Å². The van der Waals surface area contributed by atoms with Crippen LogP contribution in [-0.4, -0.2) is 45.9 Å². The summed E-state index contributed by atoms with van der Waals surface area (Å²) in [4.78, 5) is 20.4. The molecular weight excluding hydrogens is 250 g/mol. The van der Waals surface area contributed by atoms with E-state index in [0.717, 1.165) is 19.3 Å². The minimum absolute atomic E-state index is 0.185. The minimum Gasteiger partial charge on any atom is -0.479 e. The first-order chi connectivity index (χ1) is 8.72. The molecule has 0 aromatic heterocycles. The van der Waals surface area contributed by atoms with Crippen LogP contribution in [0.1, 0.15) is 40.0 Å². The zero-order valence-electron chi connectivity index (χ0n) is 11.8. The van der Waals surface area contributed by atoms with E-state index in [1.54, 1.807) is 6.92 Å². The second-order valence-corrected chi connectivity index (χ2v) is 4.30. The van der Waals surface area contributed by atoms with Crippen molar-refractivity contribution in [3.63, 3.8) is 0 Å².